The number of aliphatic hydroxyl groups is 1. The maximum atomic E-state index is 13.1. The van der Waals surface area contributed by atoms with Gasteiger partial charge in [-0.15, -0.1) is 0 Å². The summed E-state index contributed by atoms with van der Waals surface area (Å²) in [5.41, 5.74) is -2.62. The first kappa shape index (κ1) is 26.3. The molecule has 8 heteroatoms. The zero-order chi connectivity index (χ0) is 24.5. The standard InChI is InChI=1S/C25H35F6NO/c1-17(2)22(11-7-21(15-22)32-23(16-33)9-3-4-10-23)8-5-6-18-12-19(24(26,27)28)14-20(13-18)25(29,30)31/h12-14,17,21,32-33H,3-11,15-16H2,1-2H3/t21?,22-/m1/s1. The molecular formula is C25H35F6NO. The molecule has 3 rings (SSSR count). The number of aliphatic hydroxyl groups excluding tert-OH is 1. The minimum atomic E-state index is -4.82. The van der Waals surface area contributed by atoms with Gasteiger partial charge in [-0.25, -0.2) is 0 Å². The Kier molecular flexibility index (Phi) is 7.79. The molecule has 0 amide bonds. The van der Waals surface area contributed by atoms with Crippen LogP contribution < -0.4 is 5.32 Å². The van der Waals surface area contributed by atoms with Gasteiger partial charge in [-0.1, -0.05) is 26.7 Å². The van der Waals surface area contributed by atoms with Gasteiger partial charge < -0.3 is 10.4 Å². The van der Waals surface area contributed by atoms with Crippen molar-refractivity contribution >= 4 is 0 Å². The molecule has 0 radical (unpaired) electrons. The van der Waals surface area contributed by atoms with Gasteiger partial charge in [-0.05, 0) is 86.5 Å². The average molecular weight is 480 g/mol. The average Bonchev–Trinajstić information content (AvgIpc) is 3.35. The fourth-order valence-corrected chi connectivity index (χ4v) is 5.96. The third kappa shape index (κ3) is 6.24. The van der Waals surface area contributed by atoms with Crippen molar-refractivity contribution in [1.82, 2.24) is 5.32 Å². The van der Waals surface area contributed by atoms with Gasteiger partial charge in [0.1, 0.15) is 0 Å². The molecule has 0 spiro atoms. The van der Waals surface area contributed by atoms with Crippen LogP contribution >= 0.6 is 0 Å². The SMILES string of the molecule is CC(C)[C@]1(CCCc2cc(C(F)(F)F)cc(C(F)(F)F)c2)CCC(NC2(CO)CCCC2)C1. The topological polar surface area (TPSA) is 32.3 Å². The van der Waals surface area contributed by atoms with Crippen LogP contribution in [-0.2, 0) is 18.8 Å². The van der Waals surface area contributed by atoms with E-state index in [-0.39, 0.29) is 41.7 Å². The summed E-state index contributed by atoms with van der Waals surface area (Å²) >= 11 is 0. The lowest BCUT2D eigenvalue weighted by Crippen LogP contribution is -2.50. The van der Waals surface area contributed by atoms with Crippen LogP contribution in [0.25, 0.3) is 0 Å². The molecule has 188 valence electrons. The summed E-state index contributed by atoms with van der Waals surface area (Å²) in [6.07, 6.45) is -1.16. The van der Waals surface area contributed by atoms with Gasteiger partial charge in [0.25, 0.3) is 0 Å². The number of rotatable bonds is 8. The second kappa shape index (κ2) is 9.76. The molecular weight excluding hydrogens is 444 g/mol. The van der Waals surface area contributed by atoms with E-state index in [0.29, 0.717) is 12.3 Å². The van der Waals surface area contributed by atoms with Crippen LogP contribution in [0.1, 0.15) is 88.3 Å². The van der Waals surface area contributed by atoms with Gasteiger partial charge in [0.15, 0.2) is 0 Å². The fourth-order valence-electron chi connectivity index (χ4n) is 5.96. The Morgan fingerprint density at radius 2 is 1.55 bits per heavy atom. The normalized spacial score (nSPS) is 25.8. The summed E-state index contributed by atoms with van der Waals surface area (Å²) in [5, 5.41) is 13.6. The zero-order valence-corrected chi connectivity index (χ0v) is 19.4. The molecule has 0 aromatic heterocycles. The van der Waals surface area contributed by atoms with Crippen LogP contribution in [0, 0.1) is 11.3 Å². The number of alkyl halides is 6. The molecule has 0 saturated heterocycles. The van der Waals surface area contributed by atoms with Crippen molar-refractivity contribution in [3.63, 3.8) is 0 Å². The smallest absolute Gasteiger partial charge is 0.394 e. The Labute approximate surface area is 192 Å². The van der Waals surface area contributed by atoms with Crippen LogP contribution in [0.15, 0.2) is 18.2 Å². The predicted molar refractivity (Wildman–Crippen MR) is 116 cm³/mol. The number of nitrogens with one attached hydrogen (secondary N) is 1. The lowest BCUT2D eigenvalue weighted by molar-refractivity contribution is -0.143. The molecule has 2 fully saturated rings. The highest BCUT2D eigenvalue weighted by molar-refractivity contribution is 5.33. The molecule has 2 atom stereocenters. The van der Waals surface area contributed by atoms with Gasteiger partial charge in [0.2, 0.25) is 0 Å². The zero-order valence-electron chi connectivity index (χ0n) is 19.4. The van der Waals surface area contributed by atoms with Crippen molar-refractivity contribution in [3.05, 3.63) is 34.9 Å². The maximum Gasteiger partial charge on any atom is 0.416 e. The van der Waals surface area contributed by atoms with Crippen molar-refractivity contribution in [3.8, 4) is 0 Å². The molecule has 1 aromatic rings. The molecule has 2 aliphatic rings. The van der Waals surface area contributed by atoms with Crippen molar-refractivity contribution in [2.24, 2.45) is 11.3 Å². The quantitative estimate of drug-likeness (QED) is 0.389. The summed E-state index contributed by atoms with van der Waals surface area (Å²) < 4.78 is 78.9. The Balaban J connectivity index is 1.68. The van der Waals surface area contributed by atoms with Gasteiger partial charge in [-0.2, -0.15) is 26.3 Å². The Hall–Kier alpha value is -1.28. The number of aryl methyl sites for hydroxylation is 1. The number of hydrogen-bond donors (Lipinski definition) is 2. The van der Waals surface area contributed by atoms with E-state index >= 15 is 0 Å². The molecule has 0 bridgehead atoms. The molecule has 33 heavy (non-hydrogen) atoms. The highest BCUT2D eigenvalue weighted by Gasteiger charge is 2.44. The highest BCUT2D eigenvalue weighted by atomic mass is 19.4. The third-order valence-electron chi connectivity index (χ3n) is 8.03. The number of benzene rings is 1. The monoisotopic (exact) mass is 479 g/mol. The van der Waals surface area contributed by atoms with E-state index in [1.165, 1.54) is 0 Å². The van der Waals surface area contributed by atoms with Crippen LogP contribution in [0.5, 0.6) is 0 Å². The lowest BCUT2D eigenvalue weighted by atomic mass is 9.71. The fraction of sp³-hybridized carbons (Fsp3) is 0.760. The maximum absolute atomic E-state index is 13.1. The Morgan fingerprint density at radius 1 is 0.970 bits per heavy atom. The molecule has 1 unspecified atom stereocenters. The molecule has 1 aromatic carbocycles. The Morgan fingerprint density at radius 3 is 2.03 bits per heavy atom. The Bertz CT molecular complexity index is 765. The number of hydrogen-bond acceptors (Lipinski definition) is 2. The van der Waals surface area contributed by atoms with Crippen molar-refractivity contribution in [1.29, 1.82) is 0 Å². The molecule has 2 aliphatic carbocycles. The van der Waals surface area contributed by atoms with E-state index in [1.54, 1.807) is 0 Å². The van der Waals surface area contributed by atoms with E-state index in [1.807, 2.05) is 0 Å². The first-order valence-electron chi connectivity index (χ1n) is 12.0. The molecule has 2 N–H and O–H groups in total. The summed E-state index contributed by atoms with van der Waals surface area (Å²) in [4.78, 5) is 0. The van der Waals surface area contributed by atoms with E-state index < -0.39 is 23.5 Å². The highest BCUT2D eigenvalue weighted by Crippen LogP contribution is 2.49. The van der Waals surface area contributed by atoms with Crippen LogP contribution in [0.3, 0.4) is 0 Å². The molecule has 0 aliphatic heterocycles. The van der Waals surface area contributed by atoms with Crippen LogP contribution in [0.2, 0.25) is 0 Å². The van der Waals surface area contributed by atoms with Crippen LogP contribution in [0.4, 0.5) is 26.3 Å². The van der Waals surface area contributed by atoms with E-state index in [9.17, 15) is 31.4 Å². The predicted octanol–water partition coefficient (Wildman–Crippen LogP) is 7.14. The van der Waals surface area contributed by atoms with E-state index in [0.717, 1.165) is 63.5 Å². The van der Waals surface area contributed by atoms with E-state index in [2.05, 4.69) is 19.2 Å². The lowest BCUT2D eigenvalue weighted by Gasteiger charge is -2.36. The van der Waals surface area contributed by atoms with Gasteiger partial charge in [0.05, 0.1) is 17.7 Å². The van der Waals surface area contributed by atoms with E-state index in [4.69, 9.17) is 0 Å². The molecule has 2 nitrogen and oxygen atoms in total. The summed E-state index contributed by atoms with van der Waals surface area (Å²) in [7, 11) is 0. The van der Waals surface area contributed by atoms with Crippen molar-refractivity contribution in [2.75, 3.05) is 6.61 Å². The van der Waals surface area contributed by atoms with Gasteiger partial charge >= 0.3 is 12.4 Å². The minimum Gasteiger partial charge on any atom is -0.394 e. The number of halogens is 6. The first-order chi connectivity index (χ1) is 15.3. The van der Waals surface area contributed by atoms with Crippen molar-refractivity contribution < 1.29 is 31.4 Å². The second-order valence-corrected chi connectivity index (χ2v) is 10.5. The second-order valence-electron chi connectivity index (χ2n) is 10.5. The summed E-state index contributed by atoms with van der Waals surface area (Å²) in [5.74, 6) is 0.352. The van der Waals surface area contributed by atoms with Gasteiger partial charge in [-0.3, -0.25) is 0 Å². The minimum absolute atomic E-state index is 0.00140. The third-order valence-corrected chi connectivity index (χ3v) is 8.03. The first-order valence-corrected chi connectivity index (χ1v) is 12.0. The van der Waals surface area contributed by atoms with Crippen molar-refractivity contribution in [2.45, 2.75) is 102 Å². The van der Waals surface area contributed by atoms with Gasteiger partial charge in [0, 0.05) is 11.6 Å². The summed E-state index contributed by atoms with van der Waals surface area (Å²) in [6, 6.07) is 2.16. The summed E-state index contributed by atoms with van der Waals surface area (Å²) in [6.45, 7) is 4.41. The largest absolute Gasteiger partial charge is 0.416 e. The molecule has 0 heterocycles. The molecule has 2 saturated carbocycles. The van der Waals surface area contributed by atoms with Crippen LogP contribution in [-0.4, -0.2) is 23.3 Å².